The van der Waals surface area contributed by atoms with E-state index in [9.17, 15) is 5.26 Å². The Morgan fingerprint density at radius 3 is 2.11 bits per heavy atom. The first-order valence-corrected chi connectivity index (χ1v) is 6.17. The molecule has 0 radical (unpaired) electrons. The first kappa shape index (κ1) is 13.7. The summed E-state index contributed by atoms with van der Waals surface area (Å²) < 4.78 is 11.9. The third kappa shape index (κ3) is 2.14. The van der Waals surface area contributed by atoms with Crippen LogP contribution in [-0.2, 0) is 9.31 Å². The van der Waals surface area contributed by atoms with E-state index in [1.807, 2.05) is 27.7 Å². The molecule has 1 fully saturated rings. The van der Waals surface area contributed by atoms with E-state index in [4.69, 9.17) is 15.7 Å². The van der Waals surface area contributed by atoms with Crippen molar-refractivity contribution < 1.29 is 9.31 Å². The molecular weight excluding hydrogens is 237 g/mol. The van der Waals surface area contributed by atoms with Gasteiger partial charge in [-0.1, -0.05) is 12.0 Å². The Hall–Kier alpha value is -1.75. The molecule has 2 rings (SSSR count). The fourth-order valence-electron chi connectivity index (χ4n) is 2.00. The third-order valence-corrected chi connectivity index (χ3v) is 3.87. The quantitative estimate of drug-likeness (QED) is 0.566. The molecule has 1 aromatic rings. The topological polar surface area (TPSA) is 42.2 Å². The van der Waals surface area contributed by atoms with Crippen LogP contribution in [0.3, 0.4) is 0 Å². The Balaban J connectivity index is 2.52. The summed E-state index contributed by atoms with van der Waals surface area (Å²) in [6, 6.07) is 7.43. The molecule has 19 heavy (non-hydrogen) atoms. The van der Waals surface area contributed by atoms with Crippen LogP contribution in [0, 0.1) is 23.7 Å². The maximum Gasteiger partial charge on any atom is 0.497 e. The molecular formula is C15H16BNO2. The monoisotopic (exact) mass is 253 g/mol. The summed E-state index contributed by atoms with van der Waals surface area (Å²) in [6.45, 7) is 7.88. The van der Waals surface area contributed by atoms with Gasteiger partial charge in [0.25, 0.3) is 0 Å². The fourth-order valence-corrected chi connectivity index (χ4v) is 2.00. The number of hydrogen-bond donors (Lipinski definition) is 0. The highest BCUT2D eigenvalue weighted by Gasteiger charge is 2.52. The molecule has 1 aliphatic heterocycles. The van der Waals surface area contributed by atoms with Crippen LogP contribution < -0.4 is 5.46 Å². The second-order valence-corrected chi connectivity index (χ2v) is 5.61. The van der Waals surface area contributed by atoms with Crippen LogP contribution in [0.1, 0.15) is 38.8 Å². The average molecular weight is 253 g/mol. The normalized spacial score (nSPS) is 19.8. The van der Waals surface area contributed by atoms with Crippen LogP contribution in [0.25, 0.3) is 0 Å². The Kier molecular flexibility index (Phi) is 3.18. The van der Waals surface area contributed by atoms with E-state index in [-0.39, 0.29) is 0 Å². The minimum absolute atomic E-state index is 0.452. The van der Waals surface area contributed by atoms with Gasteiger partial charge in [-0.25, -0.2) is 0 Å². The maximum absolute atomic E-state index is 9.23. The van der Waals surface area contributed by atoms with E-state index in [0.29, 0.717) is 16.6 Å². The SMILES string of the molecule is C#Cc1cccc(C#N)c1B1OC(C)(C)C(C)(C)O1. The molecule has 0 aromatic heterocycles. The van der Waals surface area contributed by atoms with E-state index in [0.717, 1.165) is 0 Å². The summed E-state index contributed by atoms with van der Waals surface area (Å²) in [6.07, 6.45) is 5.51. The van der Waals surface area contributed by atoms with Crippen LogP contribution in [0.5, 0.6) is 0 Å². The summed E-state index contributed by atoms with van der Waals surface area (Å²) in [5.74, 6) is 2.59. The highest BCUT2D eigenvalue weighted by molar-refractivity contribution is 6.63. The van der Waals surface area contributed by atoms with E-state index in [1.54, 1.807) is 18.2 Å². The average Bonchev–Trinajstić information content (AvgIpc) is 2.57. The molecule has 1 heterocycles. The number of hydrogen-bond acceptors (Lipinski definition) is 3. The lowest BCUT2D eigenvalue weighted by Gasteiger charge is -2.32. The van der Waals surface area contributed by atoms with Crippen LogP contribution in [0.15, 0.2) is 18.2 Å². The summed E-state index contributed by atoms with van der Waals surface area (Å²) >= 11 is 0. The van der Waals surface area contributed by atoms with E-state index in [1.165, 1.54) is 0 Å². The molecule has 1 saturated heterocycles. The van der Waals surface area contributed by atoms with Crippen molar-refractivity contribution in [3.05, 3.63) is 29.3 Å². The van der Waals surface area contributed by atoms with E-state index in [2.05, 4.69) is 12.0 Å². The van der Waals surface area contributed by atoms with Gasteiger partial charge in [0, 0.05) is 11.0 Å². The van der Waals surface area contributed by atoms with Gasteiger partial charge in [-0.15, -0.1) is 6.42 Å². The zero-order valence-corrected chi connectivity index (χ0v) is 11.7. The Bertz CT molecular complexity index is 545. The van der Waals surface area contributed by atoms with Gasteiger partial charge in [-0.2, -0.15) is 5.26 Å². The lowest BCUT2D eigenvalue weighted by molar-refractivity contribution is 0.00578. The van der Waals surface area contributed by atoms with Crippen molar-refractivity contribution in [2.24, 2.45) is 0 Å². The van der Waals surface area contributed by atoms with Gasteiger partial charge in [-0.05, 0) is 39.8 Å². The smallest absolute Gasteiger partial charge is 0.399 e. The third-order valence-electron chi connectivity index (χ3n) is 3.87. The molecule has 1 aliphatic rings. The number of nitriles is 1. The van der Waals surface area contributed by atoms with E-state index >= 15 is 0 Å². The minimum Gasteiger partial charge on any atom is -0.399 e. The fraction of sp³-hybridized carbons (Fsp3) is 0.400. The number of benzene rings is 1. The van der Waals surface area contributed by atoms with Crippen molar-refractivity contribution in [1.29, 1.82) is 5.26 Å². The number of rotatable bonds is 1. The molecule has 0 unspecified atom stereocenters. The van der Waals surface area contributed by atoms with Gasteiger partial charge >= 0.3 is 7.12 Å². The number of terminal acetylenes is 1. The van der Waals surface area contributed by atoms with Crippen LogP contribution >= 0.6 is 0 Å². The second kappa shape index (κ2) is 4.42. The van der Waals surface area contributed by atoms with Crippen LogP contribution in [0.4, 0.5) is 0 Å². The van der Waals surface area contributed by atoms with Crippen molar-refractivity contribution in [2.45, 2.75) is 38.9 Å². The van der Waals surface area contributed by atoms with Gasteiger partial charge in [-0.3, -0.25) is 0 Å². The summed E-state index contributed by atoms with van der Waals surface area (Å²) in [4.78, 5) is 0. The maximum atomic E-state index is 9.23. The highest BCUT2D eigenvalue weighted by atomic mass is 16.7. The summed E-state index contributed by atoms with van der Waals surface area (Å²) in [5.41, 5.74) is 0.871. The van der Waals surface area contributed by atoms with Crippen molar-refractivity contribution >= 4 is 12.6 Å². The molecule has 0 bridgehead atoms. The van der Waals surface area contributed by atoms with Gasteiger partial charge in [0.05, 0.1) is 22.8 Å². The molecule has 0 spiro atoms. The van der Waals surface area contributed by atoms with Gasteiger partial charge in [0.15, 0.2) is 0 Å². The molecule has 0 amide bonds. The van der Waals surface area contributed by atoms with Crippen molar-refractivity contribution in [1.82, 2.24) is 0 Å². The first-order valence-electron chi connectivity index (χ1n) is 6.17. The Morgan fingerprint density at radius 2 is 1.63 bits per heavy atom. The lowest BCUT2D eigenvalue weighted by Crippen LogP contribution is -2.41. The predicted molar refractivity (Wildman–Crippen MR) is 74.8 cm³/mol. The zero-order chi connectivity index (χ0) is 14.3. The molecule has 96 valence electrons. The summed E-state index contributed by atoms with van der Waals surface area (Å²) in [5, 5.41) is 9.23. The van der Waals surface area contributed by atoms with Crippen molar-refractivity contribution in [3.63, 3.8) is 0 Å². The molecule has 1 aromatic carbocycles. The Morgan fingerprint density at radius 1 is 1.11 bits per heavy atom. The molecule has 4 heteroatoms. The molecule has 0 aliphatic carbocycles. The van der Waals surface area contributed by atoms with Crippen LogP contribution in [0.2, 0.25) is 0 Å². The second-order valence-electron chi connectivity index (χ2n) is 5.61. The number of nitrogens with zero attached hydrogens (tertiary/aromatic N) is 1. The highest BCUT2D eigenvalue weighted by Crippen LogP contribution is 2.36. The van der Waals surface area contributed by atoms with Crippen LogP contribution in [-0.4, -0.2) is 18.3 Å². The largest absolute Gasteiger partial charge is 0.497 e. The Labute approximate surface area is 114 Å². The molecule has 0 N–H and O–H groups in total. The minimum atomic E-state index is -0.605. The predicted octanol–water partition coefficient (Wildman–Crippen LogP) is 1.84. The molecule has 3 nitrogen and oxygen atoms in total. The van der Waals surface area contributed by atoms with Gasteiger partial charge in [0.1, 0.15) is 0 Å². The zero-order valence-electron chi connectivity index (χ0n) is 11.7. The lowest BCUT2D eigenvalue weighted by atomic mass is 9.73. The van der Waals surface area contributed by atoms with Crippen molar-refractivity contribution in [2.75, 3.05) is 0 Å². The molecule has 0 saturated carbocycles. The van der Waals surface area contributed by atoms with Gasteiger partial charge < -0.3 is 9.31 Å². The van der Waals surface area contributed by atoms with Crippen molar-refractivity contribution in [3.8, 4) is 18.4 Å². The van der Waals surface area contributed by atoms with Gasteiger partial charge in [0.2, 0.25) is 0 Å². The summed E-state index contributed by atoms with van der Waals surface area (Å²) in [7, 11) is -0.605. The molecule has 0 atom stereocenters. The first-order chi connectivity index (χ1) is 8.82. The van der Waals surface area contributed by atoms with E-state index < -0.39 is 18.3 Å². The standard InChI is InChI=1S/C15H16BNO2/c1-6-11-8-7-9-12(10-17)13(11)16-18-14(2,3)15(4,5)19-16/h1,7-9H,2-5H3.